The van der Waals surface area contributed by atoms with Crippen molar-refractivity contribution in [3.05, 3.63) is 50.8 Å². The first-order valence-corrected chi connectivity index (χ1v) is 6.74. The van der Waals surface area contributed by atoms with Gasteiger partial charge in [-0.15, -0.1) is 0 Å². The van der Waals surface area contributed by atoms with E-state index in [-0.39, 0.29) is 4.88 Å². The molecule has 1 aromatic carbocycles. The number of carboxylic acids is 1. The number of carbonyl (C=O) groups excluding carboxylic acids is 1. The number of aromatic carboxylic acids is 1. The molecule has 0 fully saturated rings. The smallest absolute Gasteiger partial charge is 0.347 e. The molecule has 2 aromatic rings. The molecule has 0 aliphatic heterocycles. The van der Waals surface area contributed by atoms with E-state index in [1.54, 1.807) is 18.5 Å². The van der Waals surface area contributed by atoms with Gasteiger partial charge in [-0.2, -0.15) is 10.3 Å². The third-order valence-corrected chi connectivity index (χ3v) is 4.19. The Kier molecular flexibility index (Phi) is 4.00. The molecule has 0 saturated heterocycles. The molecule has 2 rings (SSSR count). The maximum Gasteiger partial charge on any atom is 0.347 e. The molecule has 21 heavy (non-hydrogen) atoms. The summed E-state index contributed by atoms with van der Waals surface area (Å²) in [6.07, 6.45) is 0. The molecule has 7 heteroatoms. The van der Waals surface area contributed by atoms with E-state index >= 15 is 0 Å². The van der Waals surface area contributed by atoms with Crippen LogP contribution in [0.5, 0.6) is 0 Å². The van der Waals surface area contributed by atoms with Gasteiger partial charge in [-0.25, -0.2) is 4.79 Å². The van der Waals surface area contributed by atoms with E-state index in [0.717, 1.165) is 11.3 Å². The first kappa shape index (κ1) is 14.7. The van der Waals surface area contributed by atoms with Gasteiger partial charge >= 0.3 is 5.97 Å². The van der Waals surface area contributed by atoms with Crippen molar-refractivity contribution in [3.8, 4) is 6.07 Å². The zero-order valence-corrected chi connectivity index (χ0v) is 12.1. The van der Waals surface area contributed by atoms with Gasteiger partial charge in [0.15, 0.2) is 4.80 Å². The number of carbonyl (C=O) groups is 2. The Morgan fingerprint density at radius 2 is 1.95 bits per heavy atom. The second kappa shape index (κ2) is 5.73. The van der Waals surface area contributed by atoms with Gasteiger partial charge in [0.2, 0.25) is 0 Å². The van der Waals surface area contributed by atoms with Crippen LogP contribution in [0.15, 0.2) is 29.3 Å². The Labute approximate surface area is 124 Å². The summed E-state index contributed by atoms with van der Waals surface area (Å²) in [6, 6.07) is 8.07. The minimum atomic E-state index is -1.04. The van der Waals surface area contributed by atoms with Crippen molar-refractivity contribution in [3.63, 3.8) is 0 Å². The van der Waals surface area contributed by atoms with E-state index in [1.165, 1.54) is 24.3 Å². The van der Waals surface area contributed by atoms with Crippen molar-refractivity contribution in [1.82, 2.24) is 4.57 Å². The zero-order chi connectivity index (χ0) is 15.6. The Balaban J connectivity index is 2.43. The third-order valence-electron chi connectivity index (χ3n) is 2.96. The van der Waals surface area contributed by atoms with E-state index in [4.69, 9.17) is 10.4 Å². The first-order valence-electron chi connectivity index (χ1n) is 5.93. The van der Waals surface area contributed by atoms with Gasteiger partial charge in [-0.3, -0.25) is 4.79 Å². The average Bonchev–Trinajstić information content (AvgIpc) is 2.76. The molecule has 0 unspecified atom stereocenters. The van der Waals surface area contributed by atoms with Gasteiger partial charge in [0.25, 0.3) is 5.91 Å². The quantitative estimate of drug-likeness (QED) is 0.913. The number of amides is 1. The summed E-state index contributed by atoms with van der Waals surface area (Å²) >= 11 is 0.948. The van der Waals surface area contributed by atoms with Crippen molar-refractivity contribution in [1.29, 1.82) is 5.26 Å². The van der Waals surface area contributed by atoms with Crippen LogP contribution in [-0.4, -0.2) is 21.6 Å². The SMILES string of the molecule is Cc1c(C(=O)O)sc(=NC(=O)c2ccc(C#N)cc2)n1C. The Hall–Kier alpha value is -2.72. The minimum Gasteiger partial charge on any atom is -0.477 e. The number of hydrogen-bond acceptors (Lipinski definition) is 4. The fourth-order valence-electron chi connectivity index (χ4n) is 1.66. The minimum absolute atomic E-state index is 0.156. The number of nitriles is 1. The molecule has 1 amide bonds. The third kappa shape index (κ3) is 2.90. The number of rotatable bonds is 2. The summed E-state index contributed by atoms with van der Waals surface area (Å²) in [5.41, 5.74) is 1.34. The standard InChI is InChI=1S/C14H11N3O3S/c1-8-11(13(19)20)21-14(17(8)2)16-12(18)10-5-3-9(7-15)4-6-10/h3-6H,1-2H3,(H,19,20). The normalized spacial score (nSPS) is 11.2. The maximum atomic E-state index is 12.1. The van der Waals surface area contributed by atoms with Crippen LogP contribution < -0.4 is 4.80 Å². The van der Waals surface area contributed by atoms with Gasteiger partial charge in [0.05, 0.1) is 11.6 Å². The van der Waals surface area contributed by atoms with E-state index in [0.29, 0.717) is 21.6 Å². The molecule has 0 saturated carbocycles. The summed E-state index contributed by atoms with van der Waals surface area (Å²) in [5.74, 6) is -1.52. The highest BCUT2D eigenvalue weighted by Crippen LogP contribution is 2.11. The number of nitrogens with zero attached hydrogens (tertiary/aromatic N) is 3. The molecule has 106 valence electrons. The lowest BCUT2D eigenvalue weighted by Crippen LogP contribution is -2.14. The Morgan fingerprint density at radius 3 is 2.43 bits per heavy atom. The molecular weight excluding hydrogens is 290 g/mol. The molecule has 0 radical (unpaired) electrons. The molecule has 6 nitrogen and oxygen atoms in total. The van der Waals surface area contributed by atoms with Crippen LogP contribution in [-0.2, 0) is 7.05 Å². The van der Waals surface area contributed by atoms with Crippen LogP contribution in [0.25, 0.3) is 0 Å². The molecule has 1 N–H and O–H groups in total. The summed E-state index contributed by atoms with van der Waals surface area (Å²) < 4.78 is 1.57. The number of aromatic nitrogens is 1. The fraction of sp³-hybridized carbons (Fsp3) is 0.143. The topological polar surface area (TPSA) is 95.4 Å². The predicted octanol–water partition coefficient (Wildman–Crippen LogP) is 1.71. The lowest BCUT2D eigenvalue weighted by molar-refractivity contribution is 0.0700. The number of benzene rings is 1. The highest BCUT2D eigenvalue weighted by molar-refractivity contribution is 7.11. The lowest BCUT2D eigenvalue weighted by atomic mass is 10.1. The average molecular weight is 301 g/mol. The zero-order valence-electron chi connectivity index (χ0n) is 11.3. The van der Waals surface area contributed by atoms with Gasteiger partial charge in [-0.1, -0.05) is 11.3 Å². The number of carboxylic acid groups (broad SMARTS) is 1. The first-order chi connectivity index (χ1) is 9.93. The van der Waals surface area contributed by atoms with Crippen LogP contribution in [0.1, 0.15) is 31.3 Å². The van der Waals surface area contributed by atoms with Crippen molar-refractivity contribution in [2.45, 2.75) is 6.92 Å². The highest BCUT2D eigenvalue weighted by atomic mass is 32.1. The molecule has 0 aliphatic carbocycles. The monoisotopic (exact) mass is 301 g/mol. The summed E-state index contributed by atoms with van der Waals surface area (Å²) in [7, 11) is 1.66. The van der Waals surface area contributed by atoms with Crippen LogP contribution in [0.2, 0.25) is 0 Å². The summed E-state index contributed by atoms with van der Waals surface area (Å²) in [5, 5.41) is 17.8. The van der Waals surface area contributed by atoms with Gasteiger partial charge < -0.3 is 9.67 Å². The predicted molar refractivity (Wildman–Crippen MR) is 76.0 cm³/mol. The Morgan fingerprint density at radius 1 is 1.33 bits per heavy atom. The van der Waals surface area contributed by atoms with Crippen LogP contribution in [0.4, 0.5) is 0 Å². The van der Waals surface area contributed by atoms with Crippen molar-refractivity contribution in [2.75, 3.05) is 0 Å². The molecular formula is C14H11N3O3S. The number of hydrogen-bond donors (Lipinski definition) is 1. The largest absolute Gasteiger partial charge is 0.477 e. The second-order valence-corrected chi connectivity index (χ2v) is 5.25. The highest BCUT2D eigenvalue weighted by Gasteiger charge is 2.14. The lowest BCUT2D eigenvalue weighted by Gasteiger charge is -1.97. The second-order valence-electron chi connectivity index (χ2n) is 4.27. The van der Waals surface area contributed by atoms with E-state index in [2.05, 4.69) is 4.99 Å². The van der Waals surface area contributed by atoms with Crippen molar-refractivity contribution in [2.24, 2.45) is 12.0 Å². The van der Waals surface area contributed by atoms with Gasteiger partial charge in [0, 0.05) is 18.3 Å². The maximum absolute atomic E-state index is 12.1. The van der Waals surface area contributed by atoms with E-state index in [9.17, 15) is 9.59 Å². The van der Waals surface area contributed by atoms with Crippen molar-refractivity contribution >= 4 is 23.2 Å². The van der Waals surface area contributed by atoms with E-state index in [1.807, 2.05) is 6.07 Å². The molecule has 1 heterocycles. The van der Waals surface area contributed by atoms with Crippen LogP contribution in [0, 0.1) is 18.3 Å². The van der Waals surface area contributed by atoms with Crippen molar-refractivity contribution < 1.29 is 14.7 Å². The molecule has 0 atom stereocenters. The Bertz CT molecular complexity index is 823. The van der Waals surface area contributed by atoms with Gasteiger partial charge in [-0.05, 0) is 31.2 Å². The number of thiazole rings is 1. The van der Waals surface area contributed by atoms with Crippen LogP contribution >= 0.6 is 11.3 Å². The van der Waals surface area contributed by atoms with E-state index < -0.39 is 11.9 Å². The molecule has 1 aromatic heterocycles. The van der Waals surface area contributed by atoms with Crippen LogP contribution in [0.3, 0.4) is 0 Å². The summed E-state index contributed by atoms with van der Waals surface area (Å²) in [6.45, 7) is 1.66. The molecule has 0 aliphatic rings. The summed E-state index contributed by atoms with van der Waals surface area (Å²) in [4.78, 5) is 27.5. The van der Waals surface area contributed by atoms with Gasteiger partial charge in [0.1, 0.15) is 4.88 Å². The molecule has 0 bridgehead atoms. The fourth-order valence-corrected chi connectivity index (χ4v) is 2.62. The molecule has 0 spiro atoms.